The van der Waals surface area contributed by atoms with Gasteiger partial charge < -0.3 is 5.73 Å². The Balaban J connectivity index is 2.91. The molecule has 0 radical (unpaired) electrons. The van der Waals surface area contributed by atoms with E-state index in [4.69, 9.17) is 5.73 Å². The van der Waals surface area contributed by atoms with E-state index in [-0.39, 0.29) is 0 Å². The summed E-state index contributed by atoms with van der Waals surface area (Å²) in [5, 5.41) is 0. The molecule has 1 heterocycles. The number of nitrogens with two attached hydrogens (primary N) is 1. The van der Waals surface area contributed by atoms with Gasteiger partial charge in [0.2, 0.25) is 0 Å². The summed E-state index contributed by atoms with van der Waals surface area (Å²) in [5.74, 6) is 1.95. The summed E-state index contributed by atoms with van der Waals surface area (Å²) in [6.07, 6.45) is 3.38. The Morgan fingerprint density at radius 1 is 1.36 bits per heavy atom. The fourth-order valence-corrected chi connectivity index (χ4v) is 1.66. The lowest BCUT2D eigenvalue weighted by molar-refractivity contribution is 0.563. The van der Waals surface area contributed by atoms with Crippen LogP contribution in [0, 0.1) is 6.92 Å². The first-order valence-electron chi connectivity index (χ1n) is 5.28. The second-order valence-corrected chi connectivity index (χ2v) is 3.69. The van der Waals surface area contributed by atoms with E-state index in [1.807, 2.05) is 13.0 Å². The average molecular weight is 193 g/mol. The monoisotopic (exact) mass is 193 g/mol. The van der Waals surface area contributed by atoms with E-state index >= 15 is 0 Å². The summed E-state index contributed by atoms with van der Waals surface area (Å²) < 4.78 is 0. The van der Waals surface area contributed by atoms with Crippen molar-refractivity contribution in [2.45, 2.75) is 46.0 Å². The maximum atomic E-state index is 5.70. The predicted octanol–water partition coefficient (Wildman–Crippen LogP) is 2.66. The zero-order valence-electron chi connectivity index (χ0n) is 9.25. The van der Waals surface area contributed by atoms with Gasteiger partial charge in [-0.3, -0.25) is 0 Å². The molecule has 0 aliphatic carbocycles. The normalized spacial score (nSPS) is 12.8. The highest BCUT2D eigenvalue weighted by molar-refractivity contribution is 5.29. The van der Waals surface area contributed by atoms with Crippen LogP contribution >= 0.6 is 0 Å². The van der Waals surface area contributed by atoms with E-state index in [1.165, 1.54) is 0 Å². The van der Waals surface area contributed by atoms with Gasteiger partial charge in [-0.25, -0.2) is 9.97 Å². The van der Waals surface area contributed by atoms with Gasteiger partial charge in [0.25, 0.3) is 0 Å². The molecule has 1 atom stereocenters. The van der Waals surface area contributed by atoms with Crippen LogP contribution in [0.15, 0.2) is 6.07 Å². The number of aromatic nitrogens is 2. The van der Waals surface area contributed by atoms with Crippen LogP contribution in [0.1, 0.15) is 50.5 Å². The first-order chi connectivity index (χ1) is 6.67. The molecule has 0 amide bonds. The van der Waals surface area contributed by atoms with E-state index in [0.717, 1.165) is 30.8 Å². The van der Waals surface area contributed by atoms with Gasteiger partial charge in [0.05, 0.1) is 0 Å². The minimum Gasteiger partial charge on any atom is -0.384 e. The summed E-state index contributed by atoms with van der Waals surface area (Å²) in [6.45, 7) is 6.31. The zero-order valence-corrected chi connectivity index (χ0v) is 9.25. The molecular weight excluding hydrogens is 174 g/mol. The van der Waals surface area contributed by atoms with Crippen LogP contribution in [-0.2, 0) is 0 Å². The molecule has 0 aromatic carbocycles. The SMILES string of the molecule is CCCC(CC)c1nc(C)cc(N)n1. The van der Waals surface area contributed by atoms with Crippen molar-refractivity contribution in [3.63, 3.8) is 0 Å². The molecule has 0 aliphatic heterocycles. The van der Waals surface area contributed by atoms with E-state index < -0.39 is 0 Å². The number of nitrogen functional groups attached to an aromatic ring is 1. The lowest BCUT2D eigenvalue weighted by atomic mass is 10.00. The molecule has 2 N–H and O–H groups in total. The van der Waals surface area contributed by atoms with E-state index in [1.54, 1.807) is 0 Å². The van der Waals surface area contributed by atoms with Crippen molar-refractivity contribution in [1.82, 2.24) is 9.97 Å². The number of hydrogen-bond donors (Lipinski definition) is 1. The lowest BCUT2D eigenvalue weighted by Crippen LogP contribution is -2.06. The molecule has 0 saturated carbocycles. The molecule has 0 spiro atoms. The van der Waals surface area contributed by atoms with Crippen LogP contribution in [0.3, 0.4) is 0 Å². The van der Waals surface area contributed by atoms with Gasteiger partial charge >= 0.3 is 0 Å². The molecule has 78 valence electrons. The topological polar surface area (TPSA) is 51.8 Å². The van der Waals surface area contributed by atoms with E-state index in [2.05, 4.69) is 23.8 Å². The lowest BCUT2D eigenvalue weighted by Gasteiger charge is -2.12. The van der Waals surface area contributed by atoms with Crippen molar-refractivity contribution in [1.29, 1.82) is 0 Å². The third kappa shape index (κ3) is 2.69. The first kappa shape index (κ1) is 11.0. The van der Waals surface area contributed by atoms with Crippen LogP contribution < -0.4 is 5.73 Å². The Kier molecular flexibility index (Phi) is 3.86. The van der Waals surface area contributed by atoms with Crippen LogP contribution in [0.5, 0.6) is 0 Å². The number of anilines is 1. The Morgan fingerprint density at radius 3 is 2.57 bits per heavy atom. The summed E-state index contributed by atoms with van der Waals surface area (Å²) in [7, 11) is 0. The van der Waals surface area contributed by atoms with Crippen molar-refractivity contribution in [3.05, 3.63) is 17.6 Å². The Morgan fingerprint density at radius 2 is 2.07 bits per heavy atom. The van der Waals surface area contributed by atoms with Gasteiger partial charge in [-0.05, 0) is 19.8 Å². The van der Waals surface area contributed by atoms with Gasteiger partial charge in [-0.2, -0.15) is 0 Å². The zero-order chi connectivity index (χ0) is 10.6. The van der Waals surface area contributed by atoms with E-state index in [9.17, 15) is 0 Å². The Labute approximate surface area is 85.8 Å². The molecule has 0 aliphatic rings. The summed E-state index contributed by atoms with van der Waals surface area (Å²) in [4.78, 5) is 8.72. The Hall–Kier alpha value is -1.12. The number of nitrogens with zero attached hydrogens (tertiary/aromatic N) is 2. The standard InChI is InChI=1S/C11H19N3/c1-4-6-9(5-2)11-13-8(3)7-10(12)14-11/h7,9H,4-6H2,1-3H3,(H2,12,13,14). The first-order valence-corrected chi connectivity index (χ1v) is 5.28. The highest BCUT2D eigenvalue weighted by Gasteiger charge is 2.12. The molecule has 1 rings (SSSR count). The molecule has 0 saturated heterocycles. The number of aryl methyl sites for hydroxylation is 1. The van der Waals surface area contributed by atoms with Crippen LogP contribution in [0.25, 0.3) is 0 Å². The van der Waals surface area contributed by atoms with Gasteiger partial charge in [0.15, 0.2) is 0 Å². The average Bonchev–Trinajstić information content (AvgIpc) is 2.12. The van der Waals surface area contributed by atoms with Crippen molar-refractivity contribution < 1.29 is 0 Å². The fraction of sp³-hybridized carbons (Fsp3) is 0.636. The fourth-order valence-electron chi connectivity index (χ4n) is 1.66. The minimum absolute atomic E-state index is 0.460. The number of hydrogen-bond acceptors (Lipinski definition) is 3. The van der Waals surface area contributed by atoms with Crippen molar-refractivity contribution in [3.8, 4) is 0 Å². The van der Waals surface area contributed by atoms with Gasteiger partial charge in [-0.1, -0.05) is 20.3 Å². The Bertz CT molecular complexity index is 276. The van der Waals surface area contributed by atoms with Crippen molar-refractivity contribution in [2.75, 3.05) is 5.73 Å². The third-order valence-corrected chi connectivity index (χ3v) is 2.39. The molecule has 1 aromatic heterocycles. The molecule has 1 aromatic rings. The van der Waals surface area contributed by atoms with Crippen LogP contribution in [0.4, 0.5) is 5.82 Å². The van der Waals surface area contributed by atoms with Crippen molar-refractivity contribution >= 4 is 5.82 Å². The highest BCUT2D eigenvalue weighted by Crippen LogP contribution is 2.22. The molecular formula is C11H19N3. The highest BCUT2D eigenvalue weighted by atomic mass is 14.9. The third-order valence-electron chi connectivity index (χ3n) is 2.39. The maximum Gasteiger partial charge on any atom is 0.134 e. The second kappa shape index (κ2) is 4.94. The summed E-state index contributed by atoms with van der Waals surface area (Å²) in [5.41, 5.74) is 6.66. The summed E-state index contributed by atoms with van der Waals surface area (Å²) in [6, 6.07) is 1.81. The molecule has 14 heavy (non-hydrogen) atoms. The van der Waals surface area contributed by atoms with Crippen LogP contribution in [0.2, 0.25) is 0 Å². The minimum atomic E-state index is 0.460. The quantitative estimate of drug-likeness (QED) is 0.799. The van der Waals surface area contributed by atoms with Gasteiger partial charge in [-0.15, -0.1) is 0 Å². The molecule has 3 nitrogen and oxygen atoms in total. The van der Waals surface area contributed by atoms with E-state index in [0.29, 0.717) is 11.7 Å². The van der Waals surface area contributed by atoms with Crippen LogP contribution in [-0.4, -0.2) is 9.97 Å². The summed E-state index contributed by atoms with van der Waals surface area (Å²) >= 11 is 0. The van der Waals surface area contributed by atoms with Crippen molar-refractivity contribution in [2.24, 2.45) is 0 Å². The molecule has 0 bridgehead atoms. The van der Waals surface area contributed by atoms with Gasteiger partial charge in [0, 0.05) is 17.7 Å². The largest absolute Gasteiger partial charge is 0.384 e. The smallest absolute Gasteiger partial charge is 0.134 e. The molecule has 1 unspecified atom stereocenters. The molecule has 3 heteroatoms. The molecule has 0 fully saturated rings. The maximum absolute atomic E-state index is 5.70. The number of rotatable bonds is 4. The second-order valence-electron chi connectivity index (χ2n) is 3.69. The predicted molar refractivity (Wildman–Crippen MR) is 59.1 cm³/mol. The van der Waals surface area contributed by atoms with Gasteiger partial charge in [0.1, 0.15) is 11.6 Å².